The summed E-state index contributed by atoms with van der Waals surface area (Å²) in [4.78, 5) is 0. The predicted octanol–water partition coefficient (Wildman–Crippen LogP) is 4.85. The van der Waals surface area contributed by atoms with E-state index in [9.17, 15) is 5.11 Å². The molecule has 0 amide bonds. The van der Waals surface area contributed by atoms with Gasteiger partial charge in [-0.3, -0.25) is 0 Å². The molecule has 0 radical (unpaired) electrons. The van der Waals surface area contributed by atoms with Gasteiger partial charge in [-0.05, 0) is 67.7 Å². The average molecular weight is 280 g/mol. The predicted molar refractivity (Wildman–Crippen MR) is 87.5 cm³/mol. The van der Waals surface area contributed by atoms with Crippen molar-refractivity contribution in [3.63, 3.8) is 0 Å². The summed E-state index contributed by atoms with van der Waals surface area (Å²) in [6.07, 6.45) is 3.84. The van der Waals surface area contributed by atoms with Crippen molar-refractivity contribution < 1.29 is 5.11 Å². The minimum absolute atomic E-state index is 0.595. The number of benzene rings is 2. The third-order valence-electron chi connectivity index (χ3n) is 5.13. The Morgan fingerprint density at radius 1 is 0.905 bits per heavy atom. The molecule has 2 aromatic rings. The second-order valence-corrected chi connectivity index (χ2v) is 6.52. The summed E-state index contributed by atoms with van der Waals surface area (Å²) >= 11 is 0. The Labute approximate surface area is 127 Å². The van der Waals surface area contributed by atoms with Crippen molar-refractivity contribution in [3.05, 3.63) is 70.8 Å². The zero-order valence-corrected chi connectivity index (χ0v) is 13.0. The van der Waals surface area contributed by atoms with Gasteiger partial charge in [-0.1, -0.05) is 48.5 Å². The van der Waals surface area contributed by atoms with Crippen LogP contribution in [0.3, 0.4) is 0 Å². The molecule has 1 saturated carbocycles. The number of aliphatic hydroxyl groups is 1. The van der Waals surface area contributed by atoms with Gasteiger partial charge in [0.2, 0.25) is 0 Å². The standard InChI is InChI=1S/C20H24O/c1-15-8-9-19(14-16(15)2)20(21)12-10-18(11-13-20)17-6-4-3-5-7-17/h3-9,14,18,21H,10-13H2,1-2H3. The normalized spacial score (nSPS) is 25.8. The Kier molecular flexibility index (Phi) is 3.86. The lowest BCUT2D eigenvalue weighted by Crippen LogP contribution is -2.31. The van der Waals surface area contributed by atoms with Crippen LogP contribution in [0.2, 0.25) is 0 Å². The molecular formula is C20H24O. The fraction of sp³-hybridized carbons (Fsp3) is 0.400. The molecule has 0 aliphatic heterocycles. The molecular weight excluding hydrogens is 256 g/mol. The maximum Gasteiger partial charge on any atom is 0.0897 e. The van der Waals surface area contributed by atoms with Gasteiger partial charge in [-0.15, -0.1) is 0 Å². The third kappa shape index (κ3) is 2.89. The SMILES string of the molecule is Cc1ccc(C2(O)CCC(c3ccccc3)CC2)cc1C. The van der Waals surface area contributed by atoms with Crippen LogP contribution < -0.4 is 0 Å². The summed E-state index contributed by atoms with van der Waals surface area (Å²) in [6.45, 7) is 4.24. The van der Waals surface area contributed by atoms with Crippen molar-refractivity contribution in [1.29, 1.82) is 0 Å². The minimum atomic E-state index is -0.635. The molecule has 1 nitrogen and oxygen atoms in total. The van der Waals surface area contributed by atoms with E-state index in [-0.39, 0.29) is 0 Å². The molecule has 110 valence electrons. The highest BCUT2D eigenvalue weighted by Gasteiger charge is 2.35. The van der Waals surface area contributed by atoms with E-state index in [1.165, 1.54) is 16.7 Å². The maximum atomic E-state index is 11.0. The van der Waals surface area contributed by atoms with Crippen LogP contribution in [0, 0.1) is 13.8 Å². The van der Waals surface area contributed by atoms with E-state index in [1.54, 1.807) is 0 Å². The molecule has 0 bridgehead atoms. The molecule has 1 aliphatic rings. The van der Waals surface area contributed by atoms with Gasteiger partial charge in [0.25, 0.3) is 0 Å². The summed E-state index contributed by atoms with van der Waals surface area (Å²) in [5, 5.41) is 11.0. The summed E-state index contributed by atoms with van der Waals surface area (Å²) in [6, 6.07) is 17.1. The zero-order chi connectivity index (χ0) is 14.9. The van der Waals surface area contributed by atoms with Crippen LogP contribution >= 0.6 is 0 Å². The highest BCUT2D eigenvalue weighted by molar-refractivity contribution is 5.34. The van der Waals surface area contributed by atoms with Crippen LogP contribution in [-0.4, -0.2) is 5.11 Å². The molecule has 3 rings (SSSR count). The quantitative estimate of drug-likeness (QED) is 0.833. The lowest BCUT2D eigenvalue weighted by molar-refractivity contribution is -0.00571. The Morgan fingerprint density at radius 3 is 2.19 bits per heavy atom. The molecule has 0 saturated heterocycles. The molecule has 1 heteroatoms. The molecule has 1 N–H and O–H groups in total. The Bertz CT molecular complexity index is 607. The smallest absolute Gasteiger partial charge is 0.0897 e. The van der Waals surface area contributed by atoms with E-state index < -0.39 is 5.60 Å². The van der Waals surface area contributed by atoms with Crippen molar-refractivity contribution in [3.8, 4) is 0 Å². The van der Waals surface area contributed by atoms with Gasteiger partial charge in [0.15, 0.2) is 0 Å². The van der Waals surface area contributed by atoms with Crippen LogP contribution in [0.1, 0.15) is 53.9 Å². The summed E-state index contributed by atoms with van der Waals surface area (Å²) in [5.41, 5.74) is 4.44. The average Bonchev–Trinajstić information content (AvgIpc) is 2.51. The molecule has 1 fully saturated rings. The Morgan fingerprint density at radius 2 is 1.57 bits per heavy atom. The van der Waals surface area contributed by atoms with E-state index >= 15 is 0 Å². The zero-order valence-electron chi connectivity index (χ0n) is 13.0. The highest BCUT2D eigenvalue weighted by atomic mass is 16.3. The minimum Gasteiger partial charge on any atom is -0.385 e. The second kappa shape index (κ2) is 5.65. The van der Waals surface area contributed by atoms with Crippen LogP contribution in [0.4, 0.5) is 0 Å². The van der Waals surface area contributed by atoms with Crippen molar-refractivity contribution >= 4 is 0 Å². The van der Waals surface area contributed by atoms with E-state index in [1.807, 2.05) is 0 Å². The molecule has 0 atom stereocenters. The van der Waals surface area contributed by atoms with Crippen molar-refractivity contribution in [1.82, 2.24) is 0 Å². The van der Waals surface area contributed by atoms with Crippen molar-refractivity contribution in [2.45, 2.75) is 51.0 Å². The third-order valence-corrected chi connectivity index (χ3v) is 5.13. The van der Waals surface area contributed by atoms with Gasteiger partial charge in [0, 0.05) is 0 Å². The molecule has 0 spiro atoms. The van der Waals surface area contributed by atoms with Gasteiger partial charge >= 0.3 is 0 Å². The first-order valence-electron chi connectivity index (χ1n) is 7.93. The first-order valence-corrected chi connectivity index (χ1v) is 7.93. The molecule has 2 aromatic carbocycles. The van der Waals surface area contributed by atoms with E-state index in [2.05, 4.69) is 62.4 Å². The van der Waals surface area contributed by atoms with Crippen LogP contribution in [0.5, 0.6) is 0 Å². The highest BCUT2D eigenvalue weighted by Crippen LogP contribution is 2.43. The molecule has 0 unspecified atom stereocenters. The topological polar surface area (TPSA) is 20.2 Å². The second-order valence-electron chi connectivity index (χ2n) is 6.52. The van der Waals surface area contributed by atoms with Crippen LogP contribution in [-0.2, 0) is 5.60 Å². The monoisotopic (exact) mass is 280 g/mol. The van der Waals surface area contributed by atoms with E-state index in [0.717, 1.165) is 31.2 Å². The molecule has 1 aliphatic carbocycles. The Hall–Kier alpha value is -1.60. The van der Waals surface area contributed by atoms with Crippen LogP contribution in [0.25, 0.3) is 0 Å². The van der Waals surface area contributed by atoms with Crippen molar-refractivity contribution in [2.75, 3.05) is 0 Å². The van der Waals surface area contributed by atoms with E-state index in [4.69, 9.17) is 0 Å². The lowest BCUT2D eigenvalue weighted by Gasteiger charge is -2.37. The fourth-order valence-electron chi connectivity index (χ4n) is 3.47. The van der Waals surface area contributed by atoms with Gasteiger partial charge in [0.05, 0.1) is 5.60 Å². The van der Waals surface area contributed by atoms with Crippen molar-refractivity contribution in [2.24, 2.45) is 0 Å². The first kappa shape index (κ1) is 14.3. The fourth-order valence-corrected chi connectivity index (χ4v) is 3.47. The summed E-state index contributed by atoms with van der Waals surface area (Å²) in [5.74, 6) is 0.595. The molecule has 0 heterocycles. The molecule has 21 heavy (non-hydrogen) atoms. The lowest BCUT2D eigenvalue weighted by atomic mass is 9.73. The van der Waals surface area contributed by atoms with Gasteiger partial charge in [0.1, 0.15) is 0 Å². The van der Waals surface area contributed by atoms with Gasteiger partial charge < -0.3 is 5.11 Å². The van der Waals surface area contributed by atoms with Crippen LogP contribution in [0.15, 0.2) is 48.5 Å². The number of rotatable bonds is 2. The summed E-state index contributed by atoms with van der Waals surface area (Å²) < 4.78 is 0. The number of hydrogen-bond donors (Lipinski definition) is 1. The van der Waals surface area contributed by atoms with Gasteiger partial charge in [-0.2, -0.15) is 0 Å². The van der Waals surface area contributed by atoms with E-state index in [0.29, 0.717) is 5.92 Å². The summed E-state index contributed by atoms with van der Waals surface area (Å²) in [7, 11) is 0. The molecule has 0 aromatic heterocycles. The number of hydrogen-bond acceptors (Lipinski definition) is 1. The number of aryl methyl sites for hydroxylation is 2. The first-order chi connectivity index (χ1) is 10.1. The Balaban J connectivity index is 1.76. The maximum absolute atomic E-state index is 11.0. The van der Waals surface area contributed by atoms with Gasteiger partial charge in [-0.25, -0.2) is 0 Å². The largest absolute Gasteiger partial charge is 0.385 e.